The van der Waals surface area contributed by atoms with Crippen LogP contribution in [0.1, 0.15) is 30.1 Å². The van der Waals surface area contributed by atoms with Crippen molar-refractivity contribution in [2.75, 3.05) is 23.7 Å². The van der Waals surface area contributed by atoms with Gasteiger partial charge >= 0.3 is 0 Å². The van der Waals surface area contributed by atoms with Gasteiger partial charge in [-0.25, -0.2) is 15.0 Å². The third kappa shape index (κ3) is 3.21. The topological polar surface area (TPSA) is 112 Å². The first-order chi connectivity index (χ1) is 14.5. The van der Waals surface area contributed by atoms with E-state index in [1.165, 1.54) is 23.0 Å². The molecule has 30 heavy (non-hydrogen) atoms. The summed E-state index contributed by atoms with van der Waals surface area (Å²) in [5, 5.41) is 5.71. The summed E-state index contributed by atoms with van der Waals surface area (Å²) in [5.41, 5.74) is 14.9. The van der Waals surface area contributed by atoms with Crippen LogP contribution in [0.3, 0.4) is 0 Å². The fourth-order valence-electron chi connectivity index (χ4n) is 4.52. The van der Waals surface area contributed by atoms with Gasteiger partial charge in [0.05, 0.1) is 35.3 Å². The molecule has 2 aliphatic heterocycles. The van der Waals surface area contributed by atoms with E-state index in [2.05, 4.69) is 36.6 Å². The number of aryl methyl sites for hydroxylation is 1. The van der Waals surface area contributed by atoms with Crippen LogP contribution in [0.5, 0.6) is 0 Å². The Kier molecular flexibility index (Phi) is 4.83. The summed E-state index contributed by atoms with van der Waals surface area (Å²) in [5.74, 6) is 1.20. The van der Waals surface area contributed by atoms with Crippen molar-refractivity contribution in [2.24, 2.45) is 11.1 Å². The van der Waals surface area contributed by atoms with Crippen LogP contribution in [0.4, 0.5) is 11.6 Å². The number of nitrogen functional groups attached to an aromatic ring is 1. The van der Waals surface area contributed by atoms with Crippen LogP contribution >= 0.6 is 23.4 Å². The number of hydrogen-bond acceptors (Lipinski definition) is 8. The van der Waals surface area contributed by atoms with E-state index >= 15 is 0 Å². The van der Waals surface area contributed by atoms with Gasteiger partial charge in [-0.05, 0) is 31.4 Å². The van der Waals surface area contributed by atoms with E-state index in [9.17, 15) is 0 Å². The quantitative estimate of drug-likeness (QED) is 0.636. The molecule has 1 fully saturated rings. The SMILES string of the molecule is Cc1cnn2c1[C@@H](N)C1(CCN(c3cnc(Sc4ccnc(N)c4Cl)cn3)CC1)C2. The highest BCUT2D eigenvalue weighted by atomic mass is 35.5. The van der Waals surface area contributed by atoms with Gasteiger partial charge in [0.2, 0.25) is 0 Å². The second-order valence-corrected chi connectivity index (χ2v) is 9.46. The fourth-order valence-corrected chi connectivity index (χ4v) is 5.50. The van der Waals surface area contributed by atoms with Crippen molar-refractivity contribution in [1.29, 1.82) is 0 Å². The Hall–Kier alpha value is -2.36. The molecule has 156 valence electrons. The molecule has 0 amide bonds. The molecule has 3 aromatic rings. The first-order valence-corrected chi connectivity index (χ1v) is 11.1. The molecule has 0 aliphatic carbocycles. The lowest BCUT2D eigenvalue weighted by atomic mass is 9.73. The van der Waals surface area contributed by atoms with E-state index < -0.39 is 0 Å². The van der Waals surface area contributed by atoms with Gasteiger partial charge < -0.3 is 16.4 Å². The molecule has 0 aromatic carbocycles. The summed E-state index contributed by atoms with van der Waals surface area (Å²) in [6, 6.07) is 1.87. The standard InChI is InChI=1S/C20H23ClN8S/c1-12-8-27-29-11-20(18(22)17(12)29)3-6-28(7-4-20)14-9-26-15(10-25-14)30-13-2-5-24-19(23)16(13)21/h2,5,8-10,18H,3-4,6-7,11,22H2,1H3,(H2,23,24)/t18-/m1/s1. The maximum atomic E-state index is 6.67. The number of pyridine rings is 1. The molecule has 1 spiro atoms. The highest BCUT2D eigenvalue weighted by Crippen LogP contribution is 2.48. The molecule has 0 unspecified atom stereocenters. The van der Waals surface area contributed by atoms with Gasteiger partial charge in [-0.15, -0.1) is 0 Å². The Balaban J connectivity index is 1.25. The molecule has 5 heterocycles. The lowest BCUT2D eigenvalue weighted by Gasteiger charge is -2.41. The molecule has 0 saturated carbocycles. The first-order valence-electron chi connectivity index (χ1n) is 9.89. The van der Waals surface area contributed by atoms with Crippen molar-refractivity contribution in [3.63, 3.8) is 0 Å². The summed E-state index contributed by atoms with van der Waals surface area (Å²) in [4.78, 5) is 16.3. The number of nitrogens with zero attached hydrogens (tertiary/aromatic N) is 6. The van der Waals surface area contributed by atoms with Gasteiger partial charge in [0.1, 0.15) is 16.7 Å². The molecule has 1 atom stereocenters. The van der Waals surface area contributed by atoms with Gasteiger partial charge in [-0.1, -0.05) is 23.4 Å². The third-order valence-corrected chi connectivity index (χ3v) is 7.77. The summed E-state index contributed by atoms with van der Waals surface area (Å²) < 4.78 is 2.10. The molecule has 0 radical (unpaired) electrons. The number of anilines is 2. The monoisotopic (exact) mass is 442 g/mol. The van der Waals surface area contributed by atoms with E-state index in [-0.39, 0.29) is 11.5 Å². The average Bonchev–Trinajstić information content (AvgIpc) is 3.24. The molecular formula is C20H23ClN8S. The molecule has 8 nitrogen and oxygen atoms in total. The van der Waals surface area contributed by atoms with Crippen LogP contribution in [-0.4, -0.2) is 37.8 Å². The molecule has 3 aromatic heterocycles. The van der Waals surface area contributed by atoms with Crippen molar-refractivity contribution in [3.05, 3.63) is 47.1 Å². The number of piperidine rings is 1. The number of fused-ring (bicyclic) bond motifs is 1. The third-order valence-electron chi connectivity index (χ3n) is 6.28. The van der Waals surface area contributed by atoms with Crippen LogP contribution in [0.2, 0.25) is 5.02 Å². The van der Waals surface area contributed by atoms with Crippen LogP contribution in [-0.2, 0) is 6.54 Å². The predicted octanol–water partition coefficient (Wildman–Crippen LogP) is 3.06. The maximum absolute atomic E-state index is 6.67. The maximum Gasteiger partial charge on any atom is 0.147 e. The van der Waals surface area contributed by atoms with Crippen LogP contribution < -0.4 is 16.4 Å². The number of nitrogens with two attached hydrogens (primary N) is 2. The van der Waals surface area contributed by atoms with Crippen molar-refractivity contribution < 1.29 is 0 Å². The van der Waals surface area contributed by atoms with Crippen LogP contribution in [0.25, 0.3) is 0 Å². The summed E-state index contributed by atoms with van der Waals surface area (Å²) in [6.45, 7) is 4.81. The van der Waals surface area contributed by atoms with Gasteiger partial charge in [0.15, 0.2) is 0 Å². The Labute approximate surface area is 184 Å². The van der Waals surface area contributed by atoms with E-state index in [0.717, 1.165) is 48.2 Å². The minimum atomic E-state index is 0.0459. The summed E-state index contributed by atoms with van der Waals surface area (Å²) in [6.07, 6.45) is 9.18. The van der Waals surface area contributed by atoms with Gasteiger partial charge in [0.25, 0.3) is 0 Å². The summed E-state index contributed by atoms with van der Waals surface area (Å²) in [7, 11) is 0. The number of rotatable bonds is 3. The summed E-state index contributed by atoms with van der Waals surface area (Å²) >= 11 is 7.65. The molecule has 10 heteroatoms. The number of aromatic nitrogens is 5. The minimum absolute atomic E-state index is 0.0459. The van der Waals surface area contributed by atoms with Crippen LogP contribution in [0.15, 0.2) is 40.8 Å². The molecule has 5 rings (SSSR count). The van der Waals surface area contributed by atoms with Crippen molar-refractivity contribution in [2.45, 2.75) is 42.3 Å². The van der Waals surface area contributed by atoms with E-state index in [1.54, 1.807) is 12.4 Å². The Morgan fingerprint density at radius 1 is 1.17 bits per heavy atom. The second-order valence-electron chi connectivity index (χ2n) is 8.02. The normalized spacial score (nSPS) is 20.0. The van der Waals surface area contributed by atoms with Gasteiger partial charge in [-0.3, -0.25) is 4.68 Å². The lowest BCUT2D eigenvalue weighted by molar-refractivity contribution is 0.170. The fraction of sp³-hybridized carbons (Fsp3) is 0.400. The van der Waals surface area contributed by atoms with Gasteiger partial charge in [0, 0.05) is 36.1 Å². The van der Waals surface area contributed by atoms with Crippen molar-refractivity contribution in [3.8, 4) is 0 Å². The Morgan fingerprint density at radius 3 is 2.67 bits per heavy atom. The highest BCUT2D eigenvalue weighted by Gasteiger charge is 2.47. The molecule has 2 aliphatic rings. The Bertz CT molecular complexity index is 1070. The number of halogens is 1. The smallest absolute Gasteiger partial charge is 0.147 e. The zero-order chi connectivity index (χ0) is 20.9. The van der Waals surface area contributed by atoms with Crippen LogP contribution in [0, 0.1) is 12.3 Å². The largest absolute Gasteiger partial charge is 0.382 e. The number of hydrogen-bond donors (Lipinski definition) is 2. The van der Waals surface area contributed by atoms with Crippen molar-refractivity contribution in [1.82, 2.24) is 24.7 Å². The van der Waals surface area contributed by atoms with Crippen molar-refractivity contribution >= 4 is 35.0 Å². The molecule has 4 N–H and O–H groups in total. The highest BCUT2D eigenvalue weighted by molar-refractivity contribution is 7.99. The minimum Gasteiger partial charge on any atom is -0.382 e. The van der Waals surface area contributed by atoms with E-state index in [1.807, 2.05) is 18.5 Å². The second kappa shape index (κ2) is 7.40. The first kappa shape index (κ1) is 19.6. The Morgan fingerprint density at radius 2 is 1.97 bits per heavy atom. The zero-order valence-corrected chi connectivity index (χ0v) is 18.2. The average molecular weight is 443 g/mol. The molecular weight excluding hydrogens is 420 g/mol. The van der Waals surface area contributed by atoms with Gasteiger partial charge in [-0.2, -0.15) is 5.10 Å². The van der Waals surface area contributed by atoms with E-state index in [4.69, 9.17) is 23.1 Å². The molecule has 0 bridgehead atoms. The lowest BCUT2D eigenvalue weighted by Crippen LogP contribution is -2.45. The molecule has 1 saturated heterocycles. The van der Waals surface area contributed by atoms with E-state index in [0.29, 0.717) is 10.8 Å². The zero-order valence-electron chi connectivity index (χ0n) is 16.6. The predicted molar refractivity (Wildman–Crippen MR) is 118 cm³/mol.